The first-order chi connectivity index (χ1) is 9.56. The van der Waals surface area contributed by atoms with Gasteiger partial charge < -0.3 is 11.1 Å². The fourth-order valence-electron chi connectivity index (χ4n) is 3.95. The second kappa shape index (κ2) is 5.45. The Bertz CT molecular complexity index is 511. The first kappa shape index (κ1) is 14.0. The van der Waals surface area contributed by atoms with E-state index in [0.717, 1.165) is 23.5 Å². The van der Waals surface area contributed by atoms with Crippen LogP contribution in [-0.2, 0) is 11.2 Å². The van der Waals surface area contributed by atoms with Crippen LogP contribution < -0.4 is 11.1 Å². The number of hydrogen-bond donors (Lipinski definition) is 2. The summed E-state index contributed by atoms with van der Waals surface area (Å²) in [5.41, 5.74) is 7.30. The van der Waals surface area contributed by atoms with Gasteiger partial charge >= 0.3 is 0 Å². The van der Waals surface area contributed by atoms with E-state index in [-0.39, 0.29) is 17.9 Å². The monoisotopic (exact) mass is 293 g/mol. The third-order valence-electron chi connectivity index (χ3n) is 4.93. The van der Waals surface area contributed by atoms with Gasteiger partial charge in [0.15, 0.2) is 0 Å². The van der Waals surface area contributed by atoms with Crippen LogP contribution in [0.15, 0.2) is 0 Å². The van der Waals surface area contributed by atoms with E-state index in [2.05, 4.69) is 10.3 Å². The van der Waals surface area contributed by atoms with Crippen molar-refractivity contribution in [3.8, 4) is 0 Å². The predicted octanol–water partition coefficient (Wildman–Crippen LogP) is 1.79. The van der Waals surface area contributed by atoms with Gasteiger partial charge in [0.05, 0.1) is 16.6 Å². The molecule has 2 aliphatic rings. The summed E-state index contributed by atoms with van der Waals surface area (Å²) in [7, 11) is 0. The molecule has 1 aromatic rings. The van der Waals surface area contributed by atoms with Crippen LogP contribution in [0.1, 0.15) is 34.8 Å². The minimum atomic E-state index is 0.0537. The molecule has 5 heteroatoms. The van der Waals surface area contributed by atoms with Crippen molar-refractivity contribution in [3.05, 3.63) is 15.6 Å². The van der Waals surface area contributed by atoms with Gasteiger partial charge in [-0.25, -0.2) is 4.98 Å². The zero-order valence-corrected chi connectivity index (χ0v) is 13.0. The molecule has 2 fully saturated rings. The molecule has 0 aromatic carbocycles. The molecule has 2 saturated carbocycles. The van der Waals surface area contributed by atoms with Gasteiger partial charge in [0.1, 0.15) is 0 Å². The Labute approximate surface area is 124 Å². The molecule has 110 valence electrons. The molecular weight excluding hydrogens is 270 g/mol. The number of aryl methyl sites for hydroxylation is 2. The summed E-state index contributed by atoms with van der Waals surface area (Å²) < 4.78 is 0. The van der Waals surface area contributed by atoms with Crippen LogP contribution in [0.4, 0.5) is 0 Å². The van der Waals surface area contributed by atoms with E-state index >= 15 is 0 Å². The highest BCUT2D eigenvalue weighted by Crippen LogP contribution is 2.47. The summed E-state index contributed by atoms with van der Waals surface area (Å²) in [5, 5.41) is 4.18. The number of amides is 1. The van der Waals surface area contributed by atoms with E-state index in [0.29, 0.717) is 18.4 Å². The predicted molar refractivity (Wildman–Crippen MR) is 80.6 cm³/mol. The Hall–Kier alpha value is -0.940. The quantitative estimate of drug-likeness (QED) is 0.889. The van der Waals surface area contributed by atoms with Crippen molar-refractivity contribution in [2.45, 2.75) is 45.6 Å². The van der Waals surface area contributed by atoms with E-state index in [1.807, 2.05) is 13.8 Å². The van der Waals surface area contributed by atoms with Crippen molar-refractivity contribution < 1.29 is 4.79 Å². The number of fused-ring (bicyclic) bond motifs is 2. The lowest BCUT2D eigenvalue weighted by Crippen LogP contribution is -2.45. The van der Waals surface area contributed by atoms with Crippen LogP contribution in [0, 0.1) is 31.6 Å². The van der Waals surface area contributed by atoms with E-state index in [1.54, 1.807) is 11.3 Å². The Morgan fingerprint density at radius 3 is 2.75 bits per heavy atom. The second-order valence-electron chi connectivity index (χ2n) is 6.22. The van der Waals surface area contributed by atoms with Crippen LogP contribution in [0.5, 0.6) is 0 Å². The van der Waals surface area contributed by atoms with Crippen molar-refractivity contribution in [2.75, 3.05) is 6.54 Å². The average molecular weight is 293 g/mol. The van der Waals surface area contributed by atoms with Crippen LogP contribution in [0.25, 0.3) is 0 Å². The van der Waals surface area contributed by atoms with E-state index < -0.39 is 0 Å². The van der Waals surface area contributed by atoms with Gasteiger partial charge in [0, 0.05) is 23.9 Å². The fraction of sp³-hybridized carbons (Fsp3) is 0.733. The van der Waals surface area contributed by atoms with Gasteiger partial charge in [-0.2, -0.15) is 0 Å². The number of nitrogens with zero attached hydrogens (tertiary/aromatic N) is 1. The van der Waals surface area contributed by atoms with Gasteiger partial charge in [-0.15, -0.1) is 11.3 Å². The minimum Gasteiger partial charge on any atom is -0.355 e. The Balaban J connectivity index is 1.51. The van der Waals surface area contributed by atoms with Gasteiger partial charge in [0.25, 0.3) is 0 Å². The van der Waals surface area contributed by atoms with Crippen LogP contribution >= 0.6 is 11.3 Å². The number of carbonyl (C=O) groups is 1. The number of rotatable bonds is 4. The maximum absolute atomic E-state index is 12.3. The minimum absolute atomic E-state index is 0.0537. The molecule has 20 heavy (non-hydrogen) atoms. The lowest BCUT2D eigenvalue weighted by Gasteiger charge is -2.26. The molecule has 1 heterocycles. The molecule has 0 radical (unpaired) electrons. The van der Waals surface area contributed by atoms with Crippen molar-refractivity contribution in [1.82, 2.24) is 10.3 Å². The standard InChI is InChI=1S/C15H23N3OS/c1-8-12(20-9(2)18-8)5-6-17-15(19)13-10-3-4-11(7-10)14(13)16/h10-11,13-14H,3-7,16H2,1-2H3,(H,17,19). The Morgan fingerprint density at radius 1 is 1.40 bits per heavy atom. The number of hydrogen-bond acceptors (Lipinski definition) is 4. The molecule has 1 aromatic heterocycles. The van der Waals surface area contributed by atoms with Crippen LogP contribution in [0.3, 0.4) is 0 Å². The summed E-state index contributed by atoms with van der Waals surface area (Å²) in [6, 6.07) is 0.0844. The Kier molecular flexibility index (Phi) is 3.82. The molecule has 4 atom stereocenters. The largest absolute Gasteiger partial charge is 0.355 e. The van der Waals surface area contributed by atoms with Gasteiger partial charge in [-0.3, -0.25) is 4.79 Å². The summed E-state index contributed by atoms with van der Waals surface area (Å²) in [6.45, 7) is 4.75. The topological polar surface area (TPSA) is 68.0 Å². The molecule has 3 N–H and O–H groups in total. The van der Waals surface area contributed by atoms with Crippen molar-refractivity contribution in [1.29, 1.82) is 0 Å². The highest BCUT2D eigenvalue weighted by Gasteiger charge is 2.48. The van der Waals surface area contributed by atoms with Crippen LogP contribution in [-0.4, -0.2) is 23.5 Å². The number of nitrogens with two attached hydrogens (primary N) is 1. The zero-order chi connectivity index (χ0) is 14.3. The second-order valence-corrected chi connectivity index (χ2v) is 7.51. The molecule has 0 saturated heterocycles. The maximum Gasteiger partial charge on any atom is 0.224 e. The maximum atomic E-state index is 12.3. The molecule has 0 spiro atoms. The van der Waals surface area contributed by atoms with Gasteiger partial charge in [-0.05, 0) is 44.9 Å². The molecule has 1 amide bonds. The van der Waals surface area contributed by atoms with Crippen LogP contribution in [0.2, 0.25) is 0 Å². The van der Waals surface area contributed by atoms with E-state index in [1.165, 1.54) is 17.7 Å². The molecule has 4 nitrogen and oxygen atoms in total. The number of carbonyl (C=O) groups excluding carboxylic acids is 1. The first-order valence-electron chi connectivity index (χ1n) is 7.52. The third kappa shape index (κ3) is 2.49. The Morgan fingerprint density at radius 2 is 2.15 bits per heavy atom. The van der Waals surface area contributed by atoms with Gasteiger partial charge in [0.2, 0.25) is 5.91 Å². The SMILES string of the molecule is Cc1nc(C)c(CCNC(=O)C2C3CCC(C3)C2N)s1. The molecule has 2 aliphatic carbocycles. The molecule has 4 unspecified atom stereocenters. The van der Waals surface area contributed by atoms with Crippen molar-refractivity contribution in [3.63, 3.8) is 0 Å². The molecular formula is C15H23N3OS. The fourth-order valence-corrected chi connectivity index (χ4v) is 4.88. The number of thiazole rings is 1. The molecule has 3 rings (SSSR count). The van der Waals surface area contributed by atoms with E-state index in [9.17, 15) is 4.79 Å². The number of aromatic nitrogens is 1. The smallest absolute Gasteiger partial charge is 0.224 e. The van der Waals surface area contributed by atoms with E-state index in [4.69, 9.17) is 5.73 Å². The lowest BCUT2D eigenvalue weighted by molar-refractivity contribution is -0.127. The normalized spacial score (nSPS) is 31.8. The first-order valence-corrected chi connectivity index (χ1v) is 8.34. The summed E-state index contributed by atoms with van der Waals surface area (Å²) in [6.07, 6.45) is 4.43. The third-order valence-corrected chi connectivity index (χ3v) is 6.07. The molecule has 0 aliphatic heterocycles. The summed E-state index contributed by atoms with van der Waals surface area (Å²) >= 11 is 1.72. The lowest BCUT2D eigenvalue weighted by atomic mass is 9.84. The zero-order valence-electron chi connectivity index (χ0n) is 12.2. The molecule has 2 bridgehead atoms. The highest BCUT2D eigenvalue weighted by atomic mass is 32.1. The van der Waals surface area contributed by atoms with Gasteiger partial charge in [-0.1, -0.05) is 0 Å². The number of nitrogens with one attached hydrogen (secondary N) is 1. The van der Waals surface area contributed by atoms with Crippen molar-refractivity contribution >= 4 is 17.2 Å². The van der Waals surface area contributed by atoms with Crippen molar-refractivity contribution in [2.24, 2.45) is 23.5 Å². The highest BCUT2D eigenvalue weighted by molar-refractivity contribution is 7.11. The average Bonchev–Trinajstić information content (AvgIpc) is 3.05. The summed E-state index contributed by atoms with van der Waals surface area (Å²) in [4.78, 5) is 18.0. The summed E-state index contributed by atoms with van der Waals surface area (Å²) in [5.74, 6) is 1.34.